The summed E-state index contributed by atoms with van der Waals surface area (Å²) in [5.74, 6) is 0.833. The fourth-order valence-electron chi connectivity index (χ4n) is 5.26. The van der Waals surface area contributed by atoms with Gasteiger partial charge >= 0.3 is 0 Å². The molecule has 2 aromatic carbocycles. The highest BCUT2D eigenvalue weighted by Crippen LogP contribution is 2.43. The van der Waals surface area contributed by atoms with Gasteiger partial charge in [0, 0.05) is 16.7 Å². The van der Waals surface area contributed by atoms with E-state index < -0.39 is 0 Å². The average molecular weight is 459 g/mol. The number of thioether (sulfide) groups is 1. The third kappa shape index (κ3) is 3.52. The molecule has 0 aliphatic heterocycles. The summed E-state index contributed by atoms with van der Waals surface area (Å²) in [5.41, 5.74) is 5.36. The zero-order chi connectivity index (χ0) is 21.5. The monoisotopic (exact) mass is 458 g/mol. The van der Waals surface area contributed by atoms with Crippen LogP contribution in [-0.4, -0.2) is 9.55 Å². The Balaban J connectivity index is 1.50. The maximum Gasteiger partial charge on any atom is 0.263 e. The number of rotatable bonds is 4. The zero-order valence-corrected chi connectivity index (χ0v) is 19.7. The number of nitrogens with zero attached hydrogens (tertiary/aromatic N) is 2. The van der Waals surface area contributed by atoms with E-state index in [-0.39, 0.29) is 11.6 Å². The van der Waals surface area contributed by atoms with E-state index in [1.165, 1.54) is 46.4 Å². The Hall–Kier alpha value is -2.37. The lowest BCUT2D eigenvalue weighted by Crippen LogP contribution is -2.29. The Morgan fingerprint density at radius 3 is 2.59 bits per heavy atom. The van der Waals surface area contributed by atoms with Crippen LogP contribution < -0.4 is 5.56 Å². The molecule has 5 heteroatoms. The lowest BCUT2D eigenvalue weighted by atomic mass is 9.90. The van der Waals surface area contributed by atoms with Crippen LogP contribution >= 0.6 is 23.1 Å². The van der Waals surface area contributed by atoms with Crippen molar-refractivity contribution in [2.24, 2.45) is 0 Å². The van der Waals surface area contributed by atoms with Crippen LogP contribution in [0.3, 0.4) is 0 Å². The quantitative estimate of drug-likeness (QED) is 0.243. The number of aryl methyl sites for hydroxylation is 2. The summed E-state index contributed by atoms with van der Waals surface area (Å²) >= 11 is 3.42. The molecule has 0 unspecified atom stereocenters. The summed E-state index contributed by atoms with van der Waals surface area (Å²) < 4.78 is 2.07. The molecule has 1 fully saturated rings. The lowest BCUT2D eigenvalue weighted by molar-refractivity contribution is 0.326. The highest BCUT2D eigenvalue weighted by molar-refractivity contribution is 7.98. The van der Waals surface area contributed by atoms with E-state index in [1.807, 2.05) is 6.07 Å². The molecule has 0 spiro atoms. The second kappa shape index (κ2) is 8.53. The molecule has 0 amide bonds. The van der Waals surface area contributed by atoms with E-state index in [0.29, 0.717) is 0 Å². The van der Waals surface area contributed by atoms with Crippen molar-refractivity contribution in [1.82, 2.24) is 9.55 Å². The molecule has 0 saturated heterocycles. The van der Waals surface area contributed by atoms with Crippen LogP contribution in [-0.2, 0) is 18.6 Å². The van der Waals surface area contributed by atoms with Gasteiger partial charge in [0.2, 0.25) is 0 Å². The average Bonchev–Trinajstić information content (AvgIpc) is 3.23. The minimum absolute atomic E-state index is 0.189. The van der Waals surface area contributed by atoms with Gasteiger partial charge in [-0.05, 0) is 47.9 Å². The summed E-state index contributed by atoms with van der Waals surface area (Å²) in [6.45, 7) is 0. The molecular formula is C27H26N2OS2. The van der Waals surface area contributed by atoms with Crippen molar-refractivity contribution in [2.45, 2.75) is 61.9 Å². The van der Waals surface area contributed by atoms with Crippen molar-refractivity contribution in [3.63, 3.8) is 0 Å². The molecule has 6 rings (SSSR count). The van der Waals surface area contributed by atoms with E-state index in [9.17, 15) is 4.79 Å². The lowest BCUT2D eigenvalue weighted by Gasteiger charge is -2.26. The van der Waals surface area contributed by atoms with Crippen LogP contribution in [0, 0.1) is 0 Å². The minimum atomic E-state index is 0.189. The maximum absolute atomic E-state index is 14.0. The minimum Gasteiger partial charge on any atom is -0.284 e. The molecule has 162 valence electrons. The molecule has 1 saturated carbocycles. The maximum atomic E-state index is 14.0. The van der Waals surface area contributed by atoms with Crippen molar-refractivity contribution in [1.29, 1.82) is 0 Å². The van der Waals surface area contributed by atoms with E-state index in [1.54, 1.807) is 23.1 Å². The normalized spacial score (nSPS) is 16.1. The Morgan fingerprint density at radius 1 is 0.969 bits per heavy atom. The van der Waals surface area contributed by atoms with Crippen molar-refractivity contribution >= 4 is 33.3 Å². The van der Waals surface area contributed by atoms with Crippen LogP contribution in [0.25, 0.3) is 20.7 Å². The molecule has 2 aliphatic rings. The number of aromatic nitrogens is 2. The highest BCUT2D eigenvalue weighted by atomic mass is 32.2. The van der Waals surface area contributed by atoms with E-state index in [0.717, 1.165) is 46.8 Å². The van der Waals surface area contributed by atoms with Crippen LogP contribution in [0.15, 0.2) is 64.5 Å². The molecule has 2 aliphatic carbocycles. The third-order valence-corrected chi connectivity index (χ3v) is 9.06. The molecule has 4 aromatic rings. The number of hydrogen-bond acceptors (Lipinski definition) is 4. The van der Waals surface area contributed by atoms with Crippen molar-refractivity contribution in [3.8, 4) is 10.4 Å². The predicted molar refractivity (Wildman–Crippen MR) is 135 cm³/mol. The molecule has 0 bridgehead atoms. The molecular weight excluding hydrogens is 432 g/mol. The number of hydrogen-bond donors (Lipinski definition) is 0. The Kier molecular flexibility index (Phi) is 5.40. The van der Waals surface area contributed by atoms with Gasteiger partial charge in [0.05, 0.1) is 5.39 Å². The van der Waals surface area contributed by atoms with Gasteiger partial charge in [-0.2, -0.15) is 0 Å². The van der Waals surface area contributed by atoms with Crippen molar-refractivity contribution in [2.75, 3.05) is 0 Å². The van der Waals surface area contributed by atoms with Gasteiger partial charge < -0.3 is 0 Å². The molecule has 0 N–H and O–H groups in total. The summed E-state index contributed by atoms with van der Waals surface area (Å²) in [7, 11) is 0. The topological polar surface area (TPSA) is 34.9 Å². The molecule has 0 radical (unpaired) electrons. The van der Waals surface area contributed by atoms with Crippen LogP contribution in [0.4, 0.5) is 0 Å². The molecule has 2 heterocycles. The summed E-state index contributed by atoms with van der Waals surface area (Å²) in [5, 5.41) is 1.78. The van der Waals surface area contributed by atoms with Crippen molar-refractivity contribution < 1.29 is 0 Å². The Labute approximate surface area is 196 Å². The summed E-state index contributed by atoms with van der Waals surface area (Å²) in [6.07, 6.45) is 7.79. The number of thiophene rings is 1. The first-order valence-electron chi connectivity index (χ1n) is 11.6. The first-order valence-corrected chi connectivity index (χ1v) is 13.4. The second-order valence-corrected chi connectivity index (χ2v) is 10.8. The Morgan fingerprint density at radius 2 is 1.75 bits per heavy atom. The van der Waals surface area contributed by atoms with Gasteiger partial charge in [-0.1, -0.05) is 85.6 Å². The highest BCUT2D eigenvalue weighted by Gasteiger charge is 2.28. The van der Waals surface area contributed by atoms with E-state index in [2.05, 4.69) is 53.1 Å². The van der Waals surface area contributed by atoms with Gasteiger partial charge in [-0.15, -0.1) is 11.3 Å². The third-order valence-electron chi connectivity index (χ3n) is 6.88. The van der Waals surface area contributed by atoms with E-state index in [4.69, 9.17) is 4.98 Å². The first-order chi connectivity index (χ1) is 15.8. The Bertz CT molecular complexity index is 1330. The standard InChI is InChI=1S/C27H26N2OS2/c30-26-23-22-16-15-19-11-7-8-14-21(19)24(22)32-25(23)28-27(29(26)20-12-5-2-6-13-20)31-17-18-9-3-1-4-10-18/h1,3-4,7-11,14,20H,2,5-6,12-13,15-17H2. The van der Waals surface area contributed by atoms with E-state index >= 15 is 0 Å². The fourth-order valence-corrected chi connectivity index (χ4v) is 7.61. The van der Waals surface area contributed by atoms with Crippen LogP contribution in [0.5, 0.6) is 0 Å². The largest absolute Gasteiger partial charge is 0.284 e. The number of fused-ring (bicyclic) bond motifs is 5. The van der Waals surface area contributed by atoms with Gasteiger partial charge in [-0.25, -0.2) is 4.98 Å². The second-order valence-electron chi connectivity index (χ2n) is 8.88. The summed E-state index contributed by atoms with van der Waals surface area (Å²) in [4.78, 5) is 21.3. The summed E-state index contributed by atoms with van der Waals surface area (Å²) in [6, 6.07) is 19.4. The molecule has 2 aromatic heterocycles. The van der Waals surface area contributed by atoms with Gasteiger partial charge in [0.1, 0.15) is 4.83 Å². The van der Waals surface area contributed by atoms with Crippen LogP contribution in [0.2, 0.25) is 0 Å². The predicted octanol–water partition coefficient (Wildman–Crippen LogP) is 7.02. The number of benzene rings is 2. The zero-order valence-electron chi connectivity index (χ0n) is 18.0. The van der Waals surface area contributed by atoms with Crippen LogP contribution in [0.1, 0.15) is 54.8 Å². The van der Waals surface area contributed by atoms with Gasteiger partial charge in [0.15, 0.2) is 5.16 Å². The molecule has 0 atom stereocenters. The smallest absolute Gasteiger partial charge is 0.263 e. The van der Waals surface area contributed by atoms with Gasteiger partial charge in [-0.3, -0.25) is 9.36 Å². The fraction of sp³-hybridized carbons (Fsp3) is 0.333. The first kappa shape index (κ1) is 20.3. The molecule has 32 heavy (non-hydrogen) atoms. The van der Waals surface area contributed by atoms with Crippen molar-refractivity contribution in [3.05, 3.63) is 81.6 Å². The van der Waals surface area contributed by atoms with Gasteiger partial charge in [0.25, 0.3) is 5.56 Å². The SMILES string of the molecule is O=c1c2c3c(sc2nc(SCc2ccccc2)n1C1CCCCC1)-c1ccccc1CC3. The molecule has 3 nitrogen and oxygen atoms in total.